The highest BCUT2D eigenvalue weighted by atomic mass is 35.5. The largest absolute Gasteiger partial charge is 0.495 e. The second kappa shape index (κ2) is 44.3. The number of methoxy groups -OCH3 is 4. The van der Waals surface area contributed by atoms with Crippen molar-refractivity contribution in [2.45, 2.75) is 224 Å². The number of alkyl carbamates (subject to hydrolysis) is 2. The predicted molar refractivity (Wildman–Crippen MR) is 446 cm³/mol. The molecule has 4 fully saturated rings. The van der Waals surface area contributed by atoms with E-state index < -0.39 is 198 Å². The first-order valence-electron chi connectivity index (χ1n) is 39.5. The monoisotopic (exact) mass is 1760 g/mol. The number of nitrogens with zero attached hydrogens (tertiary/aromatic N) is 3. The third kappa shape index (κ3) is 25.9. The van der Waals surface area contributed by atoms with Crippen LogP contribution in [0, 0.1) is 17.8 Å². The molecule has 0 aromatic heterocycles. The maximum atomic E-state index is 14.3. The quantitative estimate of drug-likeness (QED) is 0.0208. The summed E-state index contributed by atoms with van der Waals surface area (Å²) in [5.74, 6) is -2.41. The molecule has 37 nitrogen and oxygen atoms in total. The van der Waals surface area contributed by atoms with E-state index in [0.717, 1.165) is 27.2 Å². The van der Waals surface area contributed by atoms with Gasteiger partial charge in [-0.2, -0.15) is 0 Å². The first kappa shape index (κ1) is 101. The van der Waals surface area contributed by atoms with Crippen LogP contribution in [0.2, 0.25) is 10.0 Å². The minimum Gasteiger partial charge on any atom is -0.495 e. The van der Waals surface area contributed by atoms with Crippen LogP contribution in [0.4, 0.5) is 21.0 Å². The Morgan fingerprint density at radius 3 is 1.52 bits per heavy atom. The van der Waals surface area contributed by atoms with Crippen LogP contribution in [-0.4, -0.2) is 272 Å². The Kier molecular flexibility index (Phi) is 36.8. The van der Waals surface area contributed by atoms with Crippen LogP contribution in [0.3, 0.4) is 0 Å². The normalized spacial score (nSPS) is 29.1. The average molecular weight is 1760 g/mol. The summed E-state index contributed by atoms with van der Waals surface area (Å²) in [7, 11) is 11.8. The second-order valence-electron chi connectivity index (χ2n) is 31.7. The van der Waals surface area contributed by atoms with Gasteiger partial charge in [0.05, 0.1) is 56.7 Å². The molecule has 2 aromatic rings. The standard InChI is InChI=1S/C50H73ClN8O17.C32H44ClN3O9.CH4/c1-26-13-12-14-37(71-11)50(69)22-36(74-48(68)57-50)28(3)44-49(7,76-44)38(21-41(63)59(9)33-19-32(17-26)20-35(70-10)43(33)51)75-47(67)31(6)58(8)42(64)25-72-23-40(62)55-29(4)34(60)18-27(2)45(65)56-30(5)46(66)54-16-15-53-39(61)24-73-52;1-17-10-9-11-24(42-8)32(40)16-23(43-30(39)35-32)18(2)28-31(4,45-28)25(44-29(38)19(3)34-5)15-26(37)36(6)21-13-20(12-17)14-22(41-7)27(21)33;/h12-14,19-20,27-31,36-38,44,69H,15-18,21-25,52H2,1-11H3,(H,53,61)(H,54,66)(H,55,62)(H,56,65)(H,57,68);9-11,13-14,18-19,23-25,28,34,40H,12,15-16H2,1-8H3,(H,35,39);1H4/b14-12+,26-13+;11-9+,17-10+;. The van der Waals surface area contributed by atoms with E-state index in [4.69, 9.17) is 81.2 Å². The number of rotatable bonds is 26. The van der Waals surface area contributed by atoms with Crippen molar-refractivity contribution in [3.63, 3.8) is 0 Å². The zero-order valence-corrected chi connectivity index (χ0v) is 73.3. The minimum absolute atomic E-state index is 0. The van der Waals surface area contributed by atoms with Gasteiger partial charge < -0.3 is 104 Å². The summed E-state index contributed by atoms with van der Waals surface area (Å²) in [4.78, 5) is 164. The number of carbonyl (C=O) groups excluding carboxylic acids is 12. The second-order valence-corrected chi connectivity index (χ2v) is 32.4. The molecule has 19 unspecified atom stereocenters. The van der Waals surface area contributed by atoms with E-state index >= 15 is 0 Å². The van der Waals surface area contributed by atoms with Crippen LogP contribution in [0.5, 0.6) is 11.5 Å². The van der Waals surface area contributed by atoms with E-state index in [0.29, 0.717) is 35.7 Å². The van der Waals surface area contributed by atoms with Crippen LogP contribution in [0.15, 0.2) is 71.9 Å². The Morgan fingerprint density at radius 1 is 0.639 bits per heavy atom. The van der Waals surface area contributed by atoms with Gasteiger partial charge in [0.2, 0.25) is 41.4 Å². The highest BCUT2D eigenvalue weighted by molar-refractivity contribution is 6.36. The van der Waals surface area contributed by atoms with Gasteiger partial charge in [-0.15, -0.1) is 0 Å². The lowest BCUT2D eigenvalue weighted by Gasteiger charge is -2.42. The molecule has 678 valence electrons. The molecule has 9 amide bonds. The molecule has 6 heterocycles. The predicted octanol–water partition coefficient (Wildman–Crippen LogP) is 4.17. The minimum atomic E-state index is -1.91. The summed E-state index contributed by atoms with van der Waals surface area (Å²) >= 11 is 13.5. The number of hydrogen-bond donors (Lipinski definition) is 10. The zero-order valence-electron chi connectivity index (χ0n) is 71.8. The number of anilines is 2. The molecule has 0 spiro atoms. The molecule has 0 saturated carbocycles. The number of allylic oxidation sites excluding steroid dienone is 6. The van der Waals surface area contributed by atoms with Crippen molar-refractivity contribution in [3.8, 4) is 11.5 Å². The first-order chi connectivity index (χ1) is 56.9. The van der Waals surface area contributed by atoms with Crippen LogP contribution in [0.1, 0.15) is 127 Å². The summed E-state index contributed by atoms with van der Waals surface area (Å²) in [6, 6.07) is 3.16. The van der Waals surface area contributed by atoms with Gasteiger partial charge in [-0.25, -0.2) is 20.3 Å². The fourth-order valence-corrected chi connectivity index (χ4v) is 15.2. The number of ketones is 1. The fourth-order valence-electron chi connectivity index (χ4n) is 14.5. The number of ether oxygens (including phenoxy) is 11. The highest BCUT2D eigenvalue weighted by Gasteiger charge is 2.66. The number of halogens is 2. The van der Waals surface area contributed by atoms with Gasteiger partial charge in [-0.1, -0.05) is 99.0 Å². The van der Waals surface area contributed by atoms with Gasteiger partial charge in [0.15, 0.2) is 17.2 Å². The molecule has 39 heteroatoms. The smallest absolute Gasteiger partial charge is 0.409 e. The lowest BCUT2D eigenvalue weighted by molar-refractivity contribution is -0.163. The Labute approximate surface area is 721 Å². The summed E-state index contributed by atoms with van der Waals surface area (Å²) in [6.07, 6.45) is 1.23. The number of hydrogen-bond acceptors (Lipinski definition) is 28. The summed E-state index contributed by atoms with van der Waals surface area (Å²) in [5, 5.41) is 41.7. The number of nitrogens with one attached hydrogen (secondary N) is 7. The molecule has 8 bridgehead atoms. The summed E-state index contributed by atoms with van der Waals surface area (Å²) in [5.41, 5.74) is -2.00. The van der Waals surface area contributed by atoms with Gasteiger partial charge >= 0.3 is 24.1 Å². The van der Waals surface area contributed by atoms with Crippen molar-refractivity contribution in [2.75, 3.05) is 99.3 Å². The van der Waals surface area contributed by atoms with E-state index in [9.17, 15) is 67.7 Å². The number of esters is 2. The molecule has 122 heavy (non-hydrogen) atoms. The number of epoxide rings is 2. The molecule has 11 N–H and O–H groups in total. The SMILES string of the molecule is C.CNC(C)C(=O)OC1CC(=O)N(C)c2cc(cc(OC)c2Cl)C/C(C)=C/C=C/C(OC)C2(O)CC(OC(=O)N2)C(C)C2OC12C.COc1cc2cc(c1Cl)N(C)C(=O)CC(OC(=O)C(C)N(C)C(=O)COCC(=O)NC(C)C(=O)CC(C)C(=O)NC(C)C(=O)NCCNC(=O)CON)C1(C)OC1C(C)C1CC(O)(NC(=O)O1)C(OC)/C=C/C=C(\C)C2. The fraction of sp³-hybridized carbons (Fsp3) is 0.614. The lowest BCUT2D eigenvalue weighted by Crippen LogP contribution is -2.63. The van der Waals surface area contributed by atoms with Crippen LogP contribution < -0.4 is 62.4 Å². The molecule has 19 atom stereocenters. The highest BCUT2D eigenvalue weighted by Crippen LogP contribution is 2.51. The van der Waals surface area contributed by atoms with Crippen molar-refractivity contribution in [2.24, 2.45) is 23.7 Å². The Balaban J connectivity index is 0.000000425. The Bertz CT molecular complexity index is 4270. The number of fused-ring (bicyclic) bond motifs is 10. The van der Waals surface area contributed by atoms with E-state index in [1.54, 1.807) is 84.3 Å². The van der Waals surface area contributed by atoms with E-state index in [1.165, 1.54) is 80.0 Å². The van der Waals surface area contributed by atoms with Gasteiger partial charge in [0, 0.05) is 85.5 Å². The van der Waals surface area contributed by atoms with Gasteiger partial charge in [-0.3, -0.25) is 58.6 Å². The number of aliphatic hydroxyl groups is 2. The molecule has 4 saturated heterocycles. The molecule has 0 aliphatic carbocycles. The average Bonchev–Trinajstić information content (AvgIpc) is 1.57. The molecular formula is C83H121Cl2N11O26. The summed E-state index contributed by atoms with van der Waals surface area (Å²) in [6.45, 7) is 16.6. The molecule has 2 aromatic carbocycles. The first-order valence-corrected chi connectivity index (χ1v) is 40.3. The molecule has 6 aliphatic heterocycles. The topological polar surface area (TPSA) is 483 Å². The molecular weight excluding hydrogens is 1640 g/mol. The number of Topliss-reactive ketones (excluding diaryl/α,β-unsaturated/α-hetero) is 1. The van der Waals surface area contributed by atoms with Gasteiger partial charge in [-0.05, 0) is 111 Å². The number of likely N-dealkylation sites (N-methyl/N-ethyl adjacent to an activating group) is 2. The van der Waals surface area contributed by atoms with Crippen molar-refractivity contribution in [1.29, 1.82) is 0 Å². The van der Waals surface area contributed by atoms with Crippen LogP contribution in [0.25, 0.3) is 0 Å². The number of benzene rings is 2. The van der Waals surface area contributed by atoms with Crippen molar-refractivity contribution in [3.05, 3.63) is 93.0 Å². The molecule has 8 rings (SSSR count). The third-order valence-electron chi connectivity index (χ3n) is 22.5. The lowest BCUT2D eigenvalue weighted by atomic mass is 9.83. The van der Waals surface area contributed by atoms with Crippen LogP contribution >= 0.6 is 23.2 Å². The van der Waals surface area contributed by atoms with Crippen molar-refractivity contribution >= 4 is 106 Å². The maximum absolute atomic E-state index is 14.3. The van der Waals surface area contributed by atoms with E-state index in [2.05, 4.69) is 42.1 Å². The molecule has 6 aliphatic rings. The third-order valence-corrected chi connectivity index (χ3v) is 23.3. The molecule has 0 radical (unpaired) electrons. The zero-order chi connectivity index (χ0) is 90.1. The van der Waals surface area contributed by atoms with Gasteiger partial charge in [0.1, 0.15) is 107 Å². The van der Waals surface area contributed by atoms with E-state index in [-0.39, 0.29) is 68.8 Å². The summed E-state index contributed by atoms with van der Waals surface area (Å²) < 4.78 is 63.4. The number of carbonyl (C=O) groups is 12. The maximum Gasteiger partial charge on any atom is 0.409 e. The van der Waals surface area contributed by atoms with E-state index in [1.807, 2.05) is 39.0 Å². The Morgan fingerprint density at radius 2 is 1.09 bits per heavy atom. The Hall–Kier alpha value is -9.38. The van der Waals surface area contributed by atoms with Crippen LogP contribution in [-0.2, 0) is 108 Å². The van der Waals surface area contributed by atoms with Crippen molar-refractivity contribution < 1.29 is 125 Å². The number of nitrogens with two attached hydrogens (primary N) is 1. The van der Waals surface area contributed by atoms with Gasteiger partial charge in [0.25, 0.3) is 0 Å². The van der Waals surface area contributed by atoms with Crippen molar-refractivity contribution in [1.82, 2.24) is 42.1 Å². The number of amides is 9.